The molecule has 0 saturated carbocycles. The molecule has 0 spiro atoms. The monoisotopic (exact) mass is 201 g/mol. The maximum absolute atomic E-state index is 11.4. The van der Waals surface area contributed by atoms with Crippen LogP contribution in [0.25, 0.3) is 0 Å². The third-order valence-corrected chi connectivity index (χ3v) is 2.48. The first-order valence-corrected chi connectivity index (χ1v) is 5.02. The molecule has 0 aromatic heterocycles. The second-order valence-corrected chi connectivity index (χ2v) is 3.42. The summed E-state index contributed by atoms with van der Waals surface area (Å²) in [4.78, 5) is 13.5. The molecule has 0 aliphatic carbocycles. The Kier molecular flexibility index (Phi) is 4.86. The van der Waals surface area contributed by atoms with Crippen molar-refractivity contribution >= 4 is 5.97 Å². The molecule has 5 heteroatoms. The summed E-state index contributed by atoms with van der Waals surface area (Å²) in [6, 6.07) is -0.139. The number of hydrogen-bond acceptors (Lipinski definition) is 5. The van der Waals surface area contributed by atoms with Crippen LogP contribution in [-0.2, 0) is 9.53 Å². The summed E-state index contributed by atoms with van der Waals surface area (Å²) in [5.74, 6) is -0.158. The van der Waals surface area contributed by atoms with Crippen molar-refractivity contribution < 1.29 is 9.53 Å². The molecule has 1 atom stereocenters. The molecule has 0 aromatic carbocycles. The van der Waals surface area contributed by atoms with Crippen molar-refractivity contribution in [3.63, 3.8) is 0 Å². The van der Waals surface area contributed by atoms with Crippen molar-refractivity contribution in [3.05, 3.63) is 0 Å². The van der Waals surface area contributed by atoms with E-state index in [0.717, 1.165) is 26.1 Å². The number of nitrogens with two attached hydrogens (primary N) is 1. The molecular weight excluding hydrogens is 182 g/mol. The number of nitrogens with zero attached hydrogens (tertiary/aromatic N) is 1. The third kappa shape index (κ3) is 2.94. The summed E-state index contributed by atoms with van der Waals surface area (Å²) in [6.07, 6.45) is 0.924. The molecule has 5 nitrogen and oxygen atoms in total. The standard InChI is InChI=1S/C9H19N3O2/c1-14-9(13)8-7-11-4-6-12(8)5-2-3-10/h8,11H,2-7,10H2,1H3/t8-/m0/s1. The van der Waals surface area contributed by atoms with Gasteiger partial charge in [-0.05, 0) is 13.0 Å². The van der Waals surface area contributed by atoms with E-state index in [1.165, 1.54) is 7.11 Å². The molecule has 1 heterocycles. The minimum absolute atomic E-state index is 0.139. The summed E-state index contributed by atoms with van der Waals surface area (Å²) in [5, 5.41) is 3.18. The fraction of sp³-hybridized carbons (Fsp3) is 0.889. The average molecular weight is 201 g/mol. The Bertz CT molecular complexity index is 187. The van der Waals surface area contributed by atoms with Crippen molar-refractivity contribution in [2.45, 2.75) is 12.5 Å². The Labute approximate surface area is 84.6 Å². The molecule has 1 saturated heterocycles. The zero-order valence-electron chi connectivity index (χ0n) is 8.66. The van der Waals surface area contributed by atoms with Crippen LogP contribution in [0.2, 0.25) is 0 Å². The molecule has 0 bridgehead atoms. The lowest BCUT2D eigenvalue weighted by atomic mass is 10.2. The Hall–Kier alpha value is -0.650. The number of methoxy groups -OCH3 is 1. The smallest absolute Gasteiger partial charge is 0.324 e. The normalized spacial score (nSPS) is 23.4. The number of piperazine rings is 1. The van der Waals surface area contributed by atoms with Crippen LogP contribution >= 0.6 is 0 Å². The zero-order valence-corrected chi connectivity index (χ0v) is 8.66. The maximum Gasteiger partial charge on any atom is 0.324 e. The van der Waals surface area contributed by atoms with Crippen LogP contribution in [0.3, 0.4) is 0 Å². The number of ether oxygens (including phenoxy) is 1. The van der Waals surface area contributed by atoms with Gasteiger partial charge in [0.25, 0.3) is 0 Å². The highest BCUT2D eigenvalue weighted by molar-refractivity contribution is 5.76. The lowest BCUT2D eigenvalue weighted by molar-refractivity contribution is -0.147. The maximum atomic E-state index is 11.4. The molecule has 0 unspecified atom stereocenters. The van der Waals surface area contributed by atoms with Crippen molar-refractivity contribution in [2.75, 3.05) is 39.8 Å². The fourth-order valence-corrected chi connectivity index (χ4v) is 1.68. The van der Waals surface area contributed by atoms with Gasteiger partial charge in [0.1, 0.15) is 6.04 Å². The van der Waals surface area contributed by atoms with Gasteiger partial charge >= 0.3 is 5.97 Å². The van der Waals surface area contributed by atoms with E-state index in [1.807, 2.05) is 0 Å². The van der Waals surface area contributed by atoms with Crippen molar-refractivity contribution in [1.82, 2.24) is 10.2 Å². The minimum atomic E-state index is -0.158. The van der Waals surface area contributed by atoms with Gasteiger partial charge in [-0.25, -0.2) is 0 Å². The number of esters is 1. The fourth-order valence-electron chi connectivity index (χ4n) is 1.68. The van der Waals surface area contributed by atoms with Crippen LogP contribution in [0, 0.1) is 0 Å². The highest BCUT2D eigenvalue weighted by atomic mass is 16.5. The molecule has 1 rings (SSSR count). The Morgan fingerprint density at radius 2 is 2.50 bits per heavy atom. The Balaban J connectivity index is 2.45. The van der Waals surface area contributed by atoms with E-state index in [-0.39, 0.29) is 12.0 Å². The van der Waals surface area contributed by atoms with Crippen molar-refractivity contribution in [3.8, 4) is 0 Å². The first-order chi connectivity index (χ1) is 6.79. The average Bonchev–Trinajstić information content (AvgIpc) is 2.25. The van der Waals surface area contributed by atoms with E-state index in [1.54, 1.807) is 0 Å². The summed E-state index contributed by atoms with van der Waals surface area (Å²) in [6.45, 7) is 4.03. The topological polar surface area (TPSA) is 67.6 Å². The van der Waals surface area contributed by atoms with Crippen LogP contribution in [0.1, 0.15) is 6.42 Å². The van der Waals surface area contributed by atoms with E-state index < -0.39 is 0 Å². The van der Waals surface area contributed by atoms with Crippen LogP contribution in [0.15, 0.2) is 0 Å². The first kappa shape index (κ1) is 11.4. The summed E-state index contributed by atoms with van der Waals surface area (Å²) >= 11 is 0. The second kappa shape index (κ2) is 5.95. The molecule has 0 radical (unpaired) electrons. The molecule has 1 fully saturated rings. The summed E-state index contributed by atoms with van der Waals surface area (Å²) < 4.78 is 4.75. The van der Waals surface area contributed by atoms with Crippen LogP contribution < -0.4 is 11.1 Å². The Morgan fingerprint density at radius 1 is 1.71 bits per heavy atom. The SMILES string of the molecule is COC(=O)[C@@H]1CNCCN1CCCN. The third-order valence-electron chi connectivity index (χ3n) is 2.48. The van der Waals surface area contributed by atoms with Gasteiger partial charge in [-0.2, -0.15) is 0 Å². The molecule has 82 valence electrons. The van der Waals surface area contributed by atoms with E-state index >= 15 is 0 Å². The molecule has 0 amide bonds. The van der Waals surface area contributed by atoms with Gasteiger partial charge in [0, 0.05) is 26.2 Å². The quantitative estimate of drug-likeness (QED) is 0.558. The van der Waals surface area contributed by atoms with Gasteiger partial charge in [0.2, 0.25) is 0 Å². The van der Waals surface area contributed by atoms with Gasteiger partial charge in [0.05, 0.1) is 7.11 Å². The number of carbonyl (C=O) groups is 1. The summed E-state index contributed by atoms with van der Waals surface area (Å²) in [7, 11) is 1.43. The molecule has 3 N–H and O–H groups in total. The number of nitrogens with one attached hydrogen (secondary N) is 1. The number of rotatable bonds is 4. The lowest BCUT2D eigenvalue weighted by Crippen LogP contribution is -2.55. The largest absolute Gasteiger partial charge is 0.468 e. The Morgan fingerprint density at radius 3 is 3.14 bits per heavy atom. The zero-order chi connectivity index (χ0) is 10.4. The molecular formula is C9H19N3O2. The predicted molar refractivity (Wildman–Crippen MR) is 53.9 cm³/mol. The minimum Gasteiger partial charge on any atom is -0.468 e. The van der Waals surface area contributed by atoms with Gasteiger partial charge in [-0.15, -0.1) is 0 Å². The predicted octanol–water partition coefficient (Wildman–Crippen LogP) is -1.22. The van der Waals surface area contributed by atoms with E-state index in [2.05, 4.69) is 10.2 Å². The molecule has 0 aromatic rings. The van der Waals surface area contributed by atoms with Gasteiger partial charge in [0.15, 0.2) is 0 Å². The van der Waals surface area contributed by atoms with Crippen LogP contribution in [-0.4, -0.2) is 56.7 Å². The van der Waals surface area contributed by atoms with E-state index in [0.29, 0.717) is 13.1 Å². The molecule has 14 heavy (non-hydrogen) atoms. The first-order valence-electron chi connectivity index (χ1n) is 5.02. The van der Waals surface area contributed by atoms with Crippen molar-refractivity contribution in [1.29, 1.82) is 0 Å². The van der Waals surface area contributed by atoms with Crippen LogP contribution in [0.5, 0.6) is 0 Å². The van der Waals surface area contributed by atoms with Gasteiger partial charge in [-0.1, -0.05) is 0 Å². The van der Waals surface area contributed by atoms with E-state index in [9.17, 15) is 4.79 Å². The van der Waals surface area contributed by atoms with Gasteiger partial charge < -0.3 is 15.8 Å². The molecule has 1 aliphatic heterocycles. The molecule has 1 aliphatic rings. The lowest BCUT2D eigenvalue weighted by Gasteiger charge is -2.34. The number of hydrogen-bond donors (Lipinski definition) is 2. The highest BCUT2D eigenvalue weighted by Crippen LogP contribution is 2.05. The second-order valence-electron chi connectivity index (χ2n) is 3.42. The number of carbonyl (C=O) groups excluding carboxylic acids is 1. The highest BCUT2D eigenvalue weighted by Gasteiger charge is 2.28. The van der Waals surface area contributed by atoms with E-state index in [4.69, 9.17) is 10.5 Å². The van der Waals surface area contributed by atoms with Crippen LogP contribution in [0.4, 0.5) is 0 Å². The summed E-state index contributed by atoms with van der Waals surface area (Å²) in [5.41, 5.74) is 5.44. The van der Waals surface area contributed by atoms with Gasteiger partial charge in [-0.3, -0.25) is 9.69 Å². The van der Waals surface area contributed by atoms with Crippen molar-refractivity contribution in [2.24, 2.45) is 5.73 Å².